The second-order valence-electron chi connectivity index (χ2n) is 8.81. The predicted molar refractivity (Wildman–Crippen MR) is 136 cm³/mol. The second-order valence-corrected chi connectivity index (χ2v) is 8.81. The van der Waals surface area contributed by atoms with E-state index in [1.54, 1.807) is 42.6 Å². The Morgan fingerprint density at radius 3 is 2.72 bits per heavy atom. The Bertz CT molecular complexity index is 1530. The number of anilines is 1. The largest absolute Gasteiger partial charge is 0.507 e. The lowest BCUT2D eigenvalue weighted by molar-refractivity contribution is -0.132. The highest BCUT2D eigenvalue weighted by Crippen LogP contribution is 2.44. The molecule has 0 saturated carbocycles. The van der Waals surface area contributed by atoms with Gasteiger partial charge in [0.1, 0.15) is 17.3 Å². The number of rotatable bonds is 5. The number of ketones is 1. The van der Waals surface area contributed by atoms with Gasteiger partial charge in [-0.3, -0.25) is 14.5 Å². The van der Waals surface area contributed by atoms with Gasteiger partial charge in [0.25, 0.3) is 11.7 Å². The first-order chi connectivity index (χ1) is 17.6. The molecule has 1 fully saturated rings. The fourth-order valence-corrected chi connectivity index (χ4v) is 5.07. The van der Waals surface area contributed by atoms with E-state index in [9.17, 15) is 14.7 Å². The lowest BCUT2D eigenvalue weighted by atomic mass is 9.94. The molecule has 0 bridgehead atoms. The maximum Gasteiger partial charge on any atom is 0.300 e. The molecule has 180 valence electrons. The van der Waals surface area contributed by atoms with Crippen molar-refractivity contribution in [2.75, 3.05) is 18.1 Å². The number of nitrogens with zero attached hydrogens (tertiary/aromatic N) is 1. The van der Waals surface area contributed by atoms with E-state index in [0.29, 0.717) is 30.2 Å². The van der Waals surface area contributed by atoms with Crippen LogP contribution in [0.25, 0.3) is 16.7 Å². The first kappa shape index (κ1) is 22.0. The van der Waals surface area contributed by atoms with E-state index in [1.165, 1.54) is 4.90 Å². The predicted octanol–water partition coefficient (Wildman–Crippen LogP) is 5.13. The Kier molecular flexibility index (Phi) is 5.25. The monoisotopic (exact) mass is 480 g/mol. The van der Waals surface area contributed by atoms with Crippen LogP contribution < -0.4 is 14.4 Å². The minimum atomic E-state index is -0.816. The van der Waals surface area contributed by atoms with Crippen molar-refractivity contribution in [2.24, 2.45) is 0 Å². The first-order valence-corrected chi connectivity index (χ1v) is 11.9. The third kappa shape index (κ3) is 3.43. The summed E-state index contributed by atoms with van der Waals surface area (Å²) in [7, 11) is 0. The molecule has 1 saturated heterocycles. The average Bonchev–Trinajstić information content (AvgIpc) is 3.60. The molecule has 0 aliphatic carbocycles. The van der Waals surface area contributed by atoms with Crippen molar-refractivity contribution in [3.05, 3.63) is 95.2 Å². The first-order valence-electron chi connectivity index (χ1n) is 11.9. The van der Waals surface area contributed by atoms with Crippen molar-refractivity contribution in [1.29, 1.82) is 0 Å². The van der Waals surface area contributed by atoms with Gasteiger partial charge in [-0.2, -0.15) is 0 Å². The van der Waals surface area contributed by atoms with Gasteiger partial charge in [-0.25, -0.2) is 0 Å². The van der Waals surface area contributed by atoms with Crippen LogP contribution in [0.2, 0.25) is 0 Å². The standard InChI is InChI=1S/C29H24N2O5/c1-2-35-20-10-8-19(9-11-20)31-26(22-16-30-23-6-4-3-5-21(22)23)25(28(33)29(31)34)27(32)18-7-12-24-17(15-18)13-14-36-24/h3-12,15-16,26,30,32H,2,13-14H2,1H3/b27-25+. The number of fused-ring (bicyclic) bond motifs is 2. The second kappa shape index (κ2) is 8.61. The highest BCUT2D eigenvalue weighted by atomic mass is 16.5. The summed E-state index contributed by atoms with van der Waals surface area (Å²) in [5, 5.41) is 12.3. The molecule has 36 heavy (non-hydrogen) atoms. The Hall–Kier alpha value is -4.52. The normalized spacial score (nSPS) is 18.5. The van der Waals surface area contributed by atoms with Crippen LogP contribution in [0.5, 0.6) is 11.5 Å². The van der Waals surface area contributed by atoms with E-state index in [0.717, 1.165) is 34.2 Å². The van der Waals surface area contributed by atoms with E-state index in [-0.39, 0.29) is 11.3 Å². The molecular weight excluding hydrogens is 456 g/mol. The summed E-state index contributed by atoms with van der Waals surface area (Å²) in [6.45, 7) is 3.00. The lowest BCUT2D eigenvalue weighted by Gasteiger charge is -2.25. The molecule has 2 N–H and O–H groups in total. The van der Waals surface area contributed by atoms with Crippen molar-refractivity contribution in [2.45, 2.75) is 19.4 Å². The van der Waals surface area contributed by atoms with Gasteiger partial charge in [0.2, 0.25) is 0 Å². The molecule has 1 amide bonds. The summed E-state index contributed by atoms with van der Waals surface area (Å²) in [5.41, 5.74) is 3.64. The molecule has 7 heteroatoms. The van der Waals surface area contributed by atoms with Crippen LogP contribution in [0.4, 0.5) is 5.69 Å². The highest BCUT2D eigenvalue weighted by Gasteiger charge is 2.47. The third-order valence-electron chi connectivity index (χ3n) is 6.75. The third-order valence-corrected chi connectivity index (χ3v) is 6.75. The number of para-hydroxylation sites is 1. The summed E-state index contributed by atoms with van der Waals surface area (Å²) in [6, 6.07) is 19.3. The molecule has 1 atom stereocenters. The fraction of sp³-hybridized carbons (Fsp3) is 0.172. The van der Waals surface area contributed by atoms with E-state index >= 15 is 0 Å². The number of amides is 1. The topological polar surface area (TPSA) is 91.9 Å². The quantitative estimate of drug-likeness (QED) is 0.235. The van der Waals surface area contributed by atoms with Crippen LogP contribution in [-0.2, 0) is 16.0 Å². The van der Waals surface area contributed by atoms with Gasteiger partial charge in [-0.1, -0.05) is 18.2 Å². The number of carbonyl (C=O) groups is 2. The van der Waals surface area contributed by atoms with Crippen LogP contribution in [0, 0.1) is 0 Å². The maximum atomic E-state index is 13.5. The molecule has 0 radical (unpaired) electrons. The molecule has 6 rings (SSSR count). The van der Waals surface area contributed by atoms with Gasteiger partial charge < -0.3 is 19.6 Å². The Balaban J connectivity index is 1.55. The van der Waals surface area contributed by atoms with Gasteiger partial charge in [0, 0.05) is 40.3 Å². The van der Waals surface area contributed by atoms with Crippen molar-refractivity contribution in [3.63, 3.8) is 0 Å². The highest BCUT2D eigenvalue weighted by molar-refractivity contribution is 6.51. The molecule has 1 unspecified atom stereocenters. The van der Waals surface area contributed by atoms with E-state index in [4.69, 9.17) is 9.47 Å². The fourth-order valence-electron chi connectivity index (χ4n) is 5.07. The van der Waals surface area contributed by atoms with Gasteiger partial charge in [0.15, 0.2) is 0 Å². The van der Waals surface area contributed by atoms with Crippen LogP contribution >= 0.6 is 0 Å². The SMILES string of the molecule is CCOc1ccc(N2C(=O)C(=O)/C(=C(/O)c3ccc4c(c3)CCO4)C2c2c[nH]c3ccccc23)cc1. The lowest BCUT2D eigenvalue weighted by Crippen LogP contribution is -2.29. The number of aromatic amines is 1. The van der Waals surface area contributed by atoms with Crippen molar-refractivity contribution < 1.29 is 24.2 Å². The zero-order chi connectivity index (χ0) is 24.8. The number of aromatic nitrogens is 1. The minimum Gasteiger partial charge on any atom is -0.507 e. The Morgan fingerprint density at radius 1 is 1.11 bits per heavy atom. The maximum absolute atomic E-state index is 13.5. The van der Waals surface area contributed by atoms with Gasteiger partial charge in [0.05, 0.1) is 24.8 Å². The molecule has 2 aliphatic heterocycles. The smallest absolute Gasteiger partial charge is 0.300 e. The molecule has 7 nitrogen and oxygen atoms in total. The summed E-state index contributed by atoms with van der Waals surface area (Å²) in [5.74, 6) is -0.183. The number of hydrogen-bond donors (Lipinski definition) is 2. The minimum absolute atomic E-state index is 0.0532. The van der Waals surface area contributed by atoms with Crippen LogP contribution in [0.1, 0.15) is 29.7 Å². The van der Waals surface area contributed by atoms with Crippen molar-refractivity contribution >= 4 is 34.0 Å². The molecular formula is C29H24N2O5. The van der Waals surface area contributed by atoms with Crippen LogP contribution in [0.15, 0.2) is 78.5 Å². The summed E-state index contributed by atoms with van der Waals surface area (Å²) >= 11 is 0. The Labute approximate surface area is 207 Å². The molecule has 0 spiro atoms. The van der Waals surface area contributed by atoms with Gasteiger partial charge in [-0.05, 0) is 61.0 Å². The number of carbonyl (C=O) groups excluding carboxylic acids is 2. The number of aliphatic hydroxyl groups excluding tert-OH is 1. The number of hydrogen-bond acceptors (Lipinski definition) is 5. The summed E-state index contributed by atoms with van der Waals surface area (Å²) in [4.78, 5) is 31.6. The number of aliphatic hydroxyl groups is 1. The number of ether oxygens (including phenoxy) is 2. The summed E-state index contributed by atoms with van der Waals surface area (Å²) in [6.07, 6.45) is 2.52. The average molecular weight is 481 g/mol. The zero-order valence-electron chi connectivity index (χ0n) is 19.7. The molecule has 3 aromatic carbocycles. The van der Waals surface area contributed by atoms with Crippen molar-refractivity contribution in [3.8, 4) is 11.5 Å². The molecule has 4 aromatic rings. The van der Waals surface area contributed by atoms with Crippen LogP contribution in [-0.4, -0.2) is 35.0 Å². The number of nitrogens with one attached hydrogen (secondary N) is 1. The number of benzene rings is 3. The number of H-pyrrole nitrogens is 1. The van der Waals surface area contributed by atoms with Crippen LogP contribution in [0.3, 0.4) is 0 Å². The molecule has 2 aliphatic rings. The van der Waals surface area contributed by atoms with Gasteiger partial charge in [-0.15, -0.1) is 0 Å². The van der Waals surface area contributed by atoms with Crippen molar-refractivity contribution in [1.82, 2.24) is 4.98 Å². The number of Topliss-reactive ketones (excluding diaryl/α,β-unsaturated/α-hetero) is 1. The van der Waals surface area contributed by atoms with Gasteiger partial charge >= 0.3 is 0 Å². The van der Waals surface area contributed by atoms with E-state index in [1.807, 2.05) is 37.3 Å². The molecule has 3 heterocycles. The zero-order valence-corrected chi connectivity index (χ0v) is 19.7. The molecule has 1 aromatic heterocycles. The summed E-state index contributed by atoms with van der Waals surface area (Å²) < 4.78 is 11.1. The van der Waals surface area contributed by atoms with E-state index in [2.05, 4.69) is 4.98 Å². The van der Waals surface area contributed by atoms with E-state index < -0.39 is 17.7 Å². The Morgan fingerprint density at radius 2 is 1.92 bits per heavy atom.